The Morgan fingerprint density at radius 3 is 2.12 bits per heavy atom. The van der Waals surface area contributed by atoms with Gasteiger partial charge in [0, 0.05) is 12.8 Å². The number of nitrogens with zero attached hydrogens (tertiary/aromatic N) is 2. The molecule has 25 heavy (non-hydrogen) atoms. The van der Waals surface area contributed by atoms with Crippen molar-refractivity contribution in [2.45, 2.75) is 116 Å². The Labute approximate surface area is 157 Å². The largest absolute Gasteiger partial charge is 0.316 e. The first kappa shape index (κ1) is 22.4. The van der Waals surface area contributed by atoms with Crippen LogP contribution in [0.5, 0.6) is 0 Å². The zero-order valence-electron chi connectivity index (χ0n) is 17.0. The second kappa shape index (κ2) is 15.6. The lowest BCUT2D eigenvalue weighted by molar-refractivity contribution is 0.182. The molecule has 0 saturated carbocycles. The average molecular weight is 350 g/mol. The summed E-state index contributed by atoms with van der Waals surface area (Å²) in [5, 5.41) is 0. The lowest BCUT2D eigenvalue weighted by Crippen LogP contribution is -2.43. The van der Waals surface area contributed by atoms with Crippen LogP contribution in [0.2, 0.25) is 0 Å². The van der Waals surface area contributed by atoms with Crippen molar-refractivity contribution in [3.8, 4) is 0 Å². The van der Waals surface area contributed by atoms with Crippen LogP contribution in [0.4, 0.5) is 0 Å². The number of hydrogen-bond acceptors (Lipinski definition) is 3. The van der Waals surface area contributed by atoms with Crippen molar-refractivity contribution < 1.29 is 0 Å². The smallest absolute Gasteiger partial charge is 0.103 e. The number of hydrogen-bond donors (Lipinski definition) is 1. The number of allylic oxidation sites excluding steroid dienone is 2. The third kappa shape index (κ3) is 11.5. The van der Waals surface area contributed by atoms with Crippen molar-refractivity contribution in [3.63, 3.8) is 0 Å². The highest BCUT2D eigenvalue weighted by Crippen LogP contribution is 2.17. The number of aliphatic imine (C=N–C) groups is 1. The van der Waals surface area contributed by atoms with E-state index in [0.717, 1.165) is 13.0 Å². The van der Waals surface area contributed by atoms with E-state index in [2.05, 4.69) is 35.9 Å². The fourth-order valence-electron chi connectivity index (χ4n) is 3.55. The summed E-state index contributed by atoms with van der Waals surface area (Å²) in [6, 6.07) is 0. The van der Waals surface area contributed by atoms with Crippen LogP contribution in [0.15, 0.2) is 17.1 Å². The second-order valence-corrected chi connectivity index (χ2v) is 7.62. The Kier molecular flexibility index (Phi) is 13.9. The van der Waals surface area contributed by atoms with Gasteiger partial charge >= 0.3 is 0 Å². The number of nitrogens with two attached hydrogens (primary N) is 1. The Morgan fingerprint density at radius 2 is 1.52 bits per heavy atom. The van der Waals surface area contributed by atoms with Gasteiger partial charge < -0.3 is 5.73 Å². The van der Waals surface area contributed by atoms with Crippen molar-refractivity contribution in [3.05, 3.63) is 12.2 Å². The molecule has 2 unspecified atom stereocenters. The fourth-order valence-corrected chi connectivity index (χ4v) is 3.55. The predicted octanol–water partition coefficient (Wildman–Crippen LogP) is 6.04. The van der Waals surface area contributed by atoms with Crippen molar-refractivity contribution in [2.75, 3.05) is 6.54 Å². The SMILES string of the molecule is CCCCCCCC/C=C/CCCCCCCC1N=CCN1C(C)N. The van der Waals surface area contributed by atoms with Crippen LogP contribution < -0.4 is 5.73 Å². The summed E-state index contributed by atoms with van der Waals surface area (Å²) < 4.78 is 0. The third-order valence-electron chi connectivity index (χ3n) is 5.20. The molecular weight excluding hydrogens is 306 g/mol. The summed E-state index contributed by atoms with van der Waals surface area (Å²) in [5.74, 6) is 0. The fraction of sp³-hybridized carbons (Fsp3) is 0.864. The maximum Gasteiger partial charge on any atom is 0.103 e. The van der Waals surface area contributed by atoms with E-state index < -0.39 is 0 Å². The molecule has 3 heteroatoms. The first-order chi connectivity index (χ1) is 12.3. The molecule has 0 aromatic heterocycles. The van der Waals surface area contributed by atoms with Gasteiger partial charge in [0.2, 0.25) is 0 Å². The first-order valence-corrected chi connectivity index (χ1v) is 10.9. The van der Waals surface area contributed by atoms with E-state index in [1.165, 1.54) is 83.5 Å². The Morgan fingerprint density at radius 1 is 0.960 bits per heavy atom. The van der Waals surface area contributed by atoms with Gasteiger partial charge in [0.25, 0.3) is 0 Å². The summed E-state index contributed by atoms with van der Waals surface area (Å²) >= 11 is 0. The molecule has 0 bridgehead atoms. The van der Waals surface area contributed by atoms with Crippen molar-refractivity contribution >= 4 is 6.21 Å². The van der Waals surface area contributed by atoms with E-state index in [-0.39, 0.29) is 6.17 Å². The van der Waals surface area contributed by atoms with Crippen LogP contribution in [0.1, 0.15) is 104 Å². The average Bonchev–Trinajstić information content (AvgIpc) is 3.07. The summed E-state index contributed by atoms with van der Waals surface area (Å²) in [6.45, 7) is 5.26. The highest BCUT2D eigenvalue weighted by Gasteiger charge is 2.22. The normalized spacial score (nSPS) is 19.2. The maximum atomic E-state index is 5.98. The van der Waals surface area contributed by atoms with Crippen LogP contribution in [0.25, 0.3) is 0 Å². The highest BCUT2D eigenvalue weighted by molar-refractivity contribution is 5.62. The lowest BCUT2D eigenvalue weighted by Gasteiger charge is -2.26. The van der Waals surface area contributed by atoms with Crippen LogP contribution in [0, 0.1) is 0 Å². The molecule has 1 aliphatic heterocycles. The predicted molar refractivity (Wildman–Crippen MR) is 112 cm³/mol. The molecule has 0 fully saturated rings. The van der Waals surface area contributed by atoms with Gasteiger partial charge in [-0.05, 0) is 45.4 Å². The minimum atomic E-state index is 0.121. The van der Waals surface area contributed by atoms with Crippen LogP contribution in [-0.2, 0) is 0 Å². The zero-order chi connectivity index (χ0) is 18.2. The molecule has 0 saturated heterocycles. The molecule has 0 radical (unpaired) electrons. The van der Waals surface area contributed by atoms with Crippen molar-refractivity contribution in [2.24, 2.45) is 10.7 Å². The molecule has 0 amide bonds. The topological polar surface area (TPSA) is 41.6 Å². The van der Waals surface area contributed by atoms with Gasteiger partial charge in [-0.15, -0.1) is 0 Å². The van der Waals surface area contributed by atoms with E-state index in [1.807, 2.05) is 6.21 Å². The van der Waals surface area contributed by atoms with E-state index in [9.17, 15) is 0 Å². The van der Waals surface area contributed by atoms with E-state index in [1.54, 1.807) is 0 Å². The Hall–Kier alpha value is -0.670. The van der Waals surface area contributed by atoms with Gasteiger partial charge in [-0.1, -0.05) is 70.4 Å². The lowest BCUT2D eigenvalue weighted by atomic mass is 10.1. The molecule has 0 spiro atoms. The van der Waals surface area contributed by atoms with Crippen LogP contribution >= 0.6 is 0 Å². The molecule has 2 atom stereocenters. The molecular formula is C22H43N3. The molecule has 1 aliphatic rings. The molecule has 1 rings (SSSR count). The maximum absolute atomic E-state index is 5.98. The van der Waals surface area contributed by atoms with Gasteiger partial charge in [0.05, 0.1) is 6.17 Å². The second-order valence-electron chi connectivity index (χ2n) is 7.62. The van der Waals surface area contributed by atoms with Crippen LogP contribution in [-0.4, -0.2) is 30.0 Å². The van der Waals surface area contributed by atoms with Gasteiger partial charge in [-0.25, -0.2) is 0 Å². The number of unbranched alkanes of at least 4 members (excludes halogenated alkanes) is 11. The minimum absolute atomic E-state index is 0.121. The highest BCUT2D eigenvalue weighted by atomic mass is 15.3. The van der Waals surface area contributed by atoms with Gasteiger partial charge in [-0.2, -0.15) is 0 Å². The summed E-state index contributed by atoms with van der Waals surface area (Å²) in [4.78, 5) is 6.84. The third-order valence-corrected chi connectivity index (χ3v) is 5.20. The summed E-state index contributed by atoms with van der Waals surface area (Å²) in [7, 11) is 0. The molecule has 3 nitrogen and oxygen atoms in total. The van der Waals surface area contributed by atoms with E-state index in [0.29, 0.717) is 6.17 Å². The van der Waals surface area contributed by atoms with Gasteiger partial charge in [-0.3, -0.25) is 9.89 Å². The van der Waals surface area contributed by atoms with E-state index >= 15 is 0 Å². The van der Waals surface area contributed by atoms with Crippen LogP contribution in [0.3, 0.4) is 0 Å². The van der Waals surface area contributed by atoms with Gasteiger partial charge in [0.15, 0.2) is 0 Å². The molecule has 0 aliphatic carbocycles. The molecule has 1 heterocycles. The minimum Gasteiger partial charge on any atom is -0.316 e. The molecule has 146 valence electrons. The monoisotopic (exact) mass is 349 g/mol. The zero-order valence-corrected chi connectivity index (χ0v) is 17.0. The number of rotatable bonds is 16. The molecule has 2 N–H and O–H groups in total. The van der Waals surface area contributed by atoms with E-state index in [4.69, 9.17) is 5.73 Å². The van der Waals surface area contributed by atoms with Gasteiger partial charge in [0.1, 0.15) is 6.17 Å². The summed E-state index contributed by atoms with van der Waals surface area (Å²) in [6.07, 6.45) is 26.1. The molecule has 0 aromatic rings. The quantitative estimate of drug-likeness (QED) is 0.272. The Balaban J connectivity index is 1.83. The van der Waals surface area contributed by atoms with Crippen molar-refractivity contribution in [1.29, 1.82) is 0 Å². The standard InChI is InChI=1S/C22H43N3/c1-3-4-5-6-7-8-9-10-11-12-13-14-15-16-17-18-22-24-19-20-25(22)21(2)23/h10-11,19,21-22H,3-9,12-18,20,23H2,1-2H3/b11-10+. The molecule has 0 aromatic carbocycles. The van der Waals surface area contributed by atoms with Crippen molar-refractivity contribution in [1.82, 2.24) is 4.90 Å². The summed E-state index contributed by atoms with van der Waals surface area (Å²) in [5.41, 5.74) is 5.98. The Bertz CT molecular complexity index is 349. The first-order valence-electron chi connectivity index (χ1n) is 10.9.